The van der Waals surface area contributed by atoms with Crippen LogP contribution in [0.25, 0.3) is 10.9 Å². The molecule has 0 spiro atoms. The van der Waals surface area contributed by atoms with Crippen LogP contribution in [0.5, 0.6) is 0 Å². The van der Waals surface area contributed by atoms with E-state index < -0.39 is 29.3 Å². The number of pyridine rings is 1. The Morgan fingerprint density at radius 3 is 2.58 bits per heavy atom. The van der Waals surface area contributed by atoms with Crippen LogP contribution in [0.15, 0.2) is 29.1 Å². The molecule has 0 saturated heterocycles. The van der Waals surface area contributed by atoms with E-state index in [1.165, 1.54) is 25.1 Å². The number of alkyl halides is 3. The van der Waals surface area contributed by atoms with E-state index in [4.69, 9.17) is 0 Å². The number of rotatable bonds is 5. The minimum absolute atomic E-state index is 0.0318. The van der Waals surface area contributed by atoms with Crippen molar-refractivity contribution in [2.75, 3.05) is 5.32 Å². The van der Waals surface area contributed by atoms with Gasteiger partial charge in [0.15, 0.2) is 0 Å². The average Bonchev–Trinajstić information content (AvgIpc) is 3.51. The maximum atomic E-state index is 13.8. The molecule has 1 aromatic carbocycles. The van der Waals surface area contributed by atoms with E-state index in [2.05, 4.69) is 20.3 Å². The first kappa shape index (κ1) is 20.8. The highest BCUT2D eigenvalue weighted by molar-refractivity contribution is 5.86. The quantitative estimate of drug-likeness (QED) is 0.552. The molecule has 3 N–H and O–H groups in total. The van der Waals surface area contributed by atoms with Gasteiger partial charge in [-0.3, -0.25) is 4.79 Å². The zero-order chi connectivity index (χ0) is 22.5. The van der Waals surface area contributed by atoms with Crippen molar-refractivity contribution < 1.29 is 23.1 Å². The predicted octanol–water partition coefficient (Wildman–Crippen LogP) is 4.39. The average molecular weight is 432 g/mol. The molecule has 1 fully saturated rings. The summed E-state index contributed by atoms with van der Waals surface area (Å²) in [6.07, 6.45) is -2.98. The van der Waals surface area contributed by atoms with Gasteiger partial charge in [-0.2, -0.15) is 13.2 Å². The summed E-state index contributed by atoms with van der Waals surface area (Å²) in [5.41, 5.74) is -0.664. The number of aromatic carboxylic acids is 1. The molecule has 3 aromatic rings. The lowest BCUT2D eigenvalue weighted by Gasteiger charge is -2.22. The number of carbonyl (C=O) groups is 1. The third kappa shape index (κ3) is 4.10. The van der Waals surface area contributed by atoms with Crippen LogP contribution in [0.2, 0.25) is 0 Å². The highest BCUT2D eigenvalue weighted by Gasteiger charge is 2.36. The Bertz CT molecular complexity index is 1250. The summed E-state index contributed by atoms with van der Waals surface area (Å²) in [7, 11) is 0. The van der Waals surface area contributed by atoms with Crippen molar-refractivity contribution in [3.05, 3.63) is 63.0 Å². The van der Waals surface area contributed by atoms with E-state index in [9.17, 15) is 27.9 Å². The van der Waals surface area contributed by atoms with Gasteiger partial charge in [0.2, 0.25) is 0 Å². The molecule has 4 rings (SSSR count). The smallest absolute Gasteiger partial charge is 0.416 e. The van der Waals surface area contributed by atoms with Crippen molar-refractivity contribution in [1.29, 1.82) is 0 Å². The van der Waals surface area contributed by atoms with Gasteiger partial charge in [0.1, 0.15) is 11.5 Å². The van der Waals surface area contributed by atoms with Gasteiger partial charge in [-0.25, -0.2) is 14.8 Å². The minimum atomic E-state index is -4.65. The molecule has 2 aromatic heterocycles. The van der Waals surface area contributed by atoms with Crippen LogP contribution in [0.4, 0.5) is 18.9 Å². The zero-order valence-electron chi connectivity index (χ0n) is 16.7. The Labute approximate surface area is 174 Å². The Morgan fingerprint density at radius 2 is 1.97 bits per heavy atom. The number of H-pyrrole nitrogens is 1. The highest BCUT2D eigenvalue weighted by atomic mass is 19.4. The van der Waals surface area contributed by atoms with E-state index >= 15 is 0 Å². The van der Waals surface area contributed by atoms with E-state index in [0.717, 1.165) is 18.9 Å². The van der Waals surface area contributed by atoms with Gasteiger partial charge in [0.05, 0.1) is 27.8 Å². The number of carboxylic acids is 1. The molecule has 1 saturated carbocycles. The third-order valence-corrected chi connectivity index (χ3v) is 5.25. The fraction of sp³-hybridized carbons (Fsp3) is 0.333. The summed E-state index contributed by atoms with van der Waals surface area (Å²) in [4.78, 5) is 34.2. The van der Waals surface area contributed by atoms with Crippen molar-refractivity contribution in [3.8, 4) is 0 Å². The van der Waals surface area contributed by atoms with E-state index in [1.54, 1.807) is 6.92 Å². The van der Waals surface area contributed by atoms with Crippen molar-refractivity contribution in [2.24, 2.45) is 0 Å². The number of carboxylic acid groups (broad SMARTS) is 1. The molecule has 0 amide bonds. The first-order valence-electron chi connectivity index (χ1n) is 9.67. The molecule has 0 aliphatic heterocycles. The van der Waals surface area contributed by atoms with E-state index in [-0.39, 0.29) is 33.9 Å². The monoisotopic (exact) mass is 432 g/mol. The molecule has 1 aliphatic carbocycles. The van der Waals surface area contributed by atoms with Gasteiger partial charge in [0, 0.05) is 12.0 Å². The third-order valence-electron chi connectivity index (χ3n) is 5.25. The van der Waals surface area contributed by atoms with Crippen LogP contribution >= 0.6 is 0 Å². The number of benzene rings is 1. The fourth-order valence-electron chi connectivity index (χ4n) is 3.62. The topological polar surface area (TPSA) is 108 Å². The van der Waals surface area contributed by atoms with Gasteiger partial charge in [0.25, 0.3) is 5.56 Å². The van der Waals surface area contributed by atoms with Crippen molar-refractivity contribution >= 4 is 22.6 Å². The summed E-state index contributed by atoms with van der Waals surface area (Å²) in [6.45, 7) is 3.05. The molecule has 0 radical (unpaired) electrons. The summed E-state index contributed by atoms with van der Waals surface area (Å²) in [5, 5.41) is 12.3. The van der Waals surface area contributed by atoms with Crippen LogP contribution in [0, 0.1) is 6.92 Å². The van der Waals surface area contributed by atoms with Gasteiger partial charge < -0.3 is 15.4 Å². The van der Waals surface area contributed by atoms with E-state index in [1.807, 2.05) is 0 Å². The minimum Gasteiger partial charge on any atom is -0.477 e. The summed E-state index contributed by atoms with van der Waals surface area (Å²) in [6, 6.07) is 4.09. The van der Waals surface area contributed by atoms with Crippen LogP contribution in [-0.2, 0) is 6.18 Å². The summed E-state index contributed by atoms with van der Waals surface area (Å²) < 4.78 is 41.5. The number of hydrogen-bond acceptors (Lipinski definition) is 5. The molecular weight excluding hydrogens is 413 g/mol. The van der Waals surface area contributed by atoms with Crippen LogP contribution in [-0.4, -0.2) is 26.0 Å². The van der Waals surface area contributed by atoms with Crippen molar-refractivity contribution in [2.45, 2.75) is 44.8 Å². The van der Waals surface area contributed by atoms with Gasteiger partial charge in [-0.05, 0) is 56.5 Å². The van der Waals surface area contributed by atoms with Gasteiger partial charge in [-0.15, -0.1) is 0 Å². The molecule has 1 atom stereocenters. The Balaban J connectivity index is 1.80. The van der Waals surface area contributed by atoms with Crippen molar-refractivity contribution in [1.82, 2.24) is 15.0 Å². The molecule has 1 aliphatic rings. The molecule has 162 valence electrons. The Hall–Kier alpha value is -3.43. The maximum absolute atomic E-state index is 13.8. The molecule has 0 unspecified atom stereocenters. The van der Waals surface area contributed by atoms with Crippen LogP contribution < -0.4 is 10.9 Å². The normalized spacial score (nSPS) is 15.1. The SMILES string of the molecule is Cc1nc2cc(C(F)(F)F)c([C@H](C)Nc3ccc(C(=O)O)nc3C3CC3)cc2c(=O)[nH]1. The molecular formula is C21H19F3N4O3. The van der Waals surface area contributed by atoms with Crippen LogP contribution in [0.3, 0.4) is 0 Å². The van der Waals surface area contributed by atoms with Gasteiger partial charge >= 0.3 is 12.1 Å². The van der Waals surface area contributed by atoms with Gasteiger partial charge in [-0.1, -0.05) is 0 Å². The Kier molecular flexibility index (Phi) is 4.95. The number of aryl methyl sites for hydroxylation is 1. The lowest BCUT2D eigenvalue weighted by molar-refractivity contribution is -0.138. The number of nitrogens with zero attached hydrogens (tertiary/aromatic N) is 2. The lowest BCUT2D eigenvalue weighted by Crippen LogP contribution is -2.19. The zero-order valence-corrected chi connectivity index (χ0v) is 16.7. The standard InChI is InChI=1S/C21H19F3N4O3/c1-9(25-15-5-6-16(20(30)31)28-18(15)11-3-4-11)12-7-13-17(8-14(12)21(22,23)24)26-10(2)27-19(13)29/h5-9,11,25H,3-4H2,1-2H3,(H,30,31)(H,26,27,29)/t9-/m0/s1. The molecule has 7 nitrogen and oxygen atoms in total. The molecule has 0 bridgehead atoms. The molecule has 31 heavy (non-hydrogen) atoms. The van der Waals surface area contributed by atoms with E-state index in [0.29, 0.717) is 11.4 Å². The number of anilines is 1. The first-order valence-corrected chi connectivity index (χ1v) is 9.67. The van der Waals surface area contributed by atoms with Crippen LogP contribution in [0.1, 0.15) is 64.9 Å². The number of aromatic amines is 1. The molecule has 10 heteroatoms. The number of halogens is 3. The second-order valence-corrected chi connectivity index (χ2v) is 7.68. The summed E-state index contributed by atoms with van der Waals surface area (Å²) in [5.74, 6) is -0.872. The first-order chi connectivity index (χ1) is 14.5. The number of nitrogens with one attached hydrogen (secondary N) is 2. The maximum Gasteiger partial charge on any atom is 0.416 e. The second kappa shape index (κ2) is 7.36. The fourth-order valence-corrected chi connectivity index (χ4v) is 3.62. The second-order valence-electron chi connectivity index (χ2n) is 7.68. The summed E-state index contributed by atoms with van der Waals surface area (Å²) >= 11 is 0. The number of fused-ring (bicyclic) bond motifs is 1. The molecule has 2 heterocycles. The highest BCUT2D eigenvalue weighted by Crippen LogP contribution is 2.44. The predicted molar refractivity (Wildman–Crippen MR) is 107 cm³/mol. The lowest BCUT2D eigenvalue weighted by atomic mass is 9.98. The number of hydrogen-bond donors (Lipinski definition) is 3. The number of aromatic nitrogens is 3. The van der Waals surface area contributed by atoms with Crippen molar-refractivity contribution in [3.63, 3.8) is 0 Å². The Morgan fingerprint density at radius 1 is 1.26 bits per heavy atom. The largest absolute Gasteiger partial charge is 0.477 e.